The second-order valence-electron chi connectivity index (χ2n) is 7.18. The molecule has 1 saturated carbocycles. The standard InChI is InChI=1S/C20H31NO2.ClH/c1-15(2)19(22)20(23-14-17-11-7-4-8-12-17)18(21)13-16-9-5-3-6-10-16;/h4,7-8,11-12,15-16,18,20H,3,5-6,9-10,13-14,21H2,1-2H3;1H. The number of benzene rings is 1. The zero-order chi connectivity index (χ0) is 16.7. The zero-order valence-corrected chi connectivity index (χ0v) is 15.8. The number of ether oxygens (including phenoxy) is 1. The van der Waals surface area contributed by atoms with Gasteiger partial charge in [0.25, 0.3) is 0 Å². The first-order chi connectivity index (χ1) is 11.1. The molecule has 136 valence electrons. The fourth-order valence-corrected chi connectivity index (χ4v) is 3.44. The van der Waals surface area contributed by atoms with Crippen molar-refractivity contribution in [1.29, 1.82) is 0 Å². The molecule has 1 fully saturated rings. The topological polar surface area (TPSA) is 52.3 Å². The van der Waals surface area contributed by atoms with Gasteiger partial charge in [-0.2, -0.15) is 0 Å². The van der Waals surface area contributed by atoms with Crippen molar-refractivity contribution in [3.05, 3.63) is 35.9 Å². The minimum Gasteiger partial charge on any atom is -0.364 e. The number of ketones is 1. The maximum atomic E-state index is 12.5. The number of carbonyl (C=O) groups is 1. The normalized spacial score (nSPS) is 18.0. The Hall–Kier alpha value is -0.900. The molecule has 2 N–H and O–H groups in total. The molecule has 0 spiro atoms. The number of hydrogen-bond donors (Lipinski definition) is 1. The van der Waals surface area contributed by atoms with Gasteiger partial charge in [-0.3, -0.25) is 4.79 Å². The lowest BCUT2D eigenvalue weighted by atomic mass is 9.83. The highest BCUT2D eigenvalue weighted by Gasteiger charge is 2.30. The third-order valence-electron chi connectivity index (χ3n) is 4.84. The van der Waals surface area contributed by atoms with Crippen molar-refractivity contribution in [2.45, 2.75) is 71.1 Å². The SMILES string of the molecule is CC(C)C(=O)C(OCc1ccccc1)C(N)CC1CCCCC1.Cl. The van der Waals surface area contributed by atoms with Gasteiger partial charge in [0.05, 0.1) is 6.61 Å². The van der Waals surface area contributed by atoms with E-state index in [9.17, 15) is 4.79 Å². The molecule has 2 rings (SSSR count). The van der Waals surface area contributed by atoms with E-state index in [2.05, 4.69) is 0 Å². The summed E-state index contributed by atoms with van der Waals surface area (Å²) in [7, 11) is 0. The van der Waals surface area contributed by atoms with Crippen LogP contribution in [0.25, 0.3) is 0 Å². The largest absolute Gasteiger partial charge is 0.364 e. The third kappa shape index (κ3) is 6.54. The Morgan fingerprint density at radius 1 is 1.17 bits per heavy atom. The first kappa shape index (κ1) is 21.1. The Labute approximate surface area is 152 Å². The summed E-state index contributed by atoms with van der Waals surface area (Å²) < 4.78 is 5.98. The van der Waals surface area contributed by atoms with Gasteiger partial charge >= 0.3 is 0 Å². The molecule has 3 nitrogen and oxygen atoms in total. The fourth-order valence-electron chi connectivity index (χ4n) is 3.44. The van der Waals surface area contributed by atoms with E-state index in [1.54, 1.807) is 0 Å². The van der Waals surface area contributed by atoms with E-state index in [-0.39, 0.29) is 30.2 Å². The summed E-state index contributed by atoms with van der Waals surface area (Å²) in [5, 5.41) is 0. The summed E-state index contributed by atoms with van der Waals surface area (Å²) in [4.78, 5) is 12.5. The van der Waals surface area contributed by atoms with E-state index in [1.807, 2.05) is 44.2 Å². The molecule has 1 aliphatic rings. The molecule has 0 bridgehead atoms. The number of nitrogens with two attached hydrogens (primary N) is 1. The molecule has 1 aromatic carbocycles. The lowest BCUT2D eigenvalue weighted by molar-refractivity contribution is -0.136. The monoisotopic (exact) mass is 353 g/mol. The summed E-state index contributed by atoms with van der Waals surface area (Å²) in [6.07, 6.45) is 6.83. The molecule has 4 heteroatoms. The number of Topliss-reactive ketones (excluding diaryl/α,β-unsaturated/α-hetero) is 1. The minimum absolute atomic E-state index is 0. The Morgan fingerprint density at radius 3 is 2.38 bits per heavy atom. The highest BCUT2D eigenvalue weighted by Crippen LogP contribution is 2.28. The maximum absolute atomic E-state index is 12.5. The van der Waals surface area contributed by atoms with Crippen LogP contribution in [0.2, 0.25) is 0 Å². The van der Waals surface area contributed by atoms with Crippen molar-refractivity contribution in [3.63, 3.8) is 0 Å². The van der Waals surface area contributed by atoms with Crippen LogP contribution < -0.4 is 5.73 Å². The van der Waals surface area contributed by atoms with E-state index in [0.29, 0.717) is 12.5 Å². The van der Waals surface area contributed by atoms with Crippen LogP contribution in [0.1, 0.15) is 57.9 Å². The van der Waals surface area contributed by atoms with Crippen molar-refractivity contribution >= 4 is 18.2 Å². The molecule has 24 heavy (non-hydrogen) atoms. The Morgan fingerprint density at radius 2 is 1.79 bits per heavy atom. The van der Waals surface area contributed by atoms with Crippen molar-refractivity contribution in [2.75, 3.05) is 0 Å². The predicted octanol–water partition coefficient (Wildman–Crippen LogP) is 4.52. The van der Waals surface area contributed by atoms with Crippen molar-refractivity contribution < 1.29 is 9.53 Å². The molecule has 0 heterocycles. The summed E-state index contributed by atoms with van der Waals surface area (Å²) in [6, 6.07) is 9.79. The molecule has 1 aromatic rings. The first-order valence-electron chi connectivity index (χ1n) is 9.02. The molecule has 0 aliphatic heterocycles. The molecular weight excluding hydrogens is 322 g/mol. The van der Waals surface area contributed by atoms with Gasteiger partial charge in [0, 0.05) is 12.0 Å². The van der Waals surface area contributed by atoms with Crippen LogP contribution in [-0.2, 0) is 16.1 Å². The molecular formula is C20H32ClNO2. The van der Waals surface area contributed by atoms with Gasteiger partial charge in [-0.25, -0.2) is 0 Å². The summed E-state index contributed by atoms with van der Waals surface area (Å²) in [6.45, 7) is 4.30. The lowest BCUT2D eigenvalue weighted by Crippen LogP contribution is -2.45. The predicted molar refractivity (Wildman–Crippen MR) is 101 cm³/mol. The van der Waals surface area contributed by atoms with E-state index in [0.717, 1.165) is 12.0 Å². The van der Waals surface area contributed by atoms with E-state index < -0.39 is 6.10 Å². The second-order valence-corrected chi connectivity index (χ2v) is 7.18. The zero-order valence-electron chi connectivity index (χ0n) is 14.9. The molecule has 0 saturated heterocycles. The maximum Gasteiger partial charge on any atom is 0.165 e. The van der Waals surface area contributed by atoms with Gasteiger partial charge in [-0.1, -0.05) is 76.3 Å². The van der Waals surface area contributed by atoms with Gasteiger partial charge in [0.1, 0.15) is 6.10 Å². The Kier molecular flexibility index (Phi) is 9.57. The number of hydrogen-bond acceptors (Lipinski definition) is 3. The lowest BCUT2D eigenvalue weighted by Gasteiger charge is -2.29. The molecule has 2 unspecified atom stereocenters. The smallest absolute Gasteiger partial charge is 0.165 e. The third-order valence-corrected chi connectivity index (χ3v) is 4.84. The van der Waals surface area contributed by atoms with Crippen LogP contribution in [0.15, 0.2) is 30.3 Å². The Balaban J connectivity index is 0.00000288. The van der Waals surface area contributed by atoms with Gasteiger partial charge in [-0.05, 0) is 17.9 Å². The number of carbonyl (C=O) groups excluding carboxylic acids is 1. The van der Waals surface area contributed by atoms with E-state index >= 15 is 0 Å². The summed E-state index contributed by atoms with van der Waals surface area (Å²) >= 11 is 0. The van der Waals surface area contributed by atoms with Crippen LogP contribution in [0.4, 0.5) is 0 Å². The van der Waals surface area contributed by atoms with Gasteiger partial charge < -0.3 is 10.5 Å². The average molecular weight is 354 g/mol. The second kappa shape index (κ2) is 10.9. The summed E-state index contributed by atoms with van der Waals surface area (Å²) in [5.74, 6) is 0.735. The van der Waals surface area contributed by atoms with E-state index in [4.69, 9.17) is 10.5 Å². The number of rotatable bonds is 8. The molecule has 0 aromatic heterocycles. The molecule has 1 aliphatic carbocycles. The van der Waals surface area contributed by atoms with Gasteiger partial charge in [-0.15, -0.1) is 12.4 Å². The van der Waals surface area contributed by atoms with Crippen molar-refractivity contribution in [2.24, 2.45) is 17.6 Å². The van der Waals surface area contributed by atoms with Gasteiger partial charge in [0.2, 0.25) is 0 Å². The van der Waals surface area contributed by atoms with Gasteiger partial charge in [0.15, 0.2) is 5.78 Å². The molecule has 0 amide bonds. The van der Waals surface area contributed by atoms with Crippen molar-refractivity contribution in [3.8, 4) is 0 Å². The van der Waals surface area contributed by atoms with Crippen LogP contribution >= 0.6 is 12.4 Å². The van der Waals surface area contributed by atoms with Crippen LogP contribution in [0.5, 0.6) is 0 Å². The molecule has 2 atom stereocenters. The molecule has 0 radical (unpaired) electrons. The first-order valence-corrected chi connectivity index (χ1v) is 9.02. The highest BCUT2D eigenvalue weighted by molar-refractivity contribution is 5.85. The van der Waals surface area contributed by atoms with Crippen molar-refractivity contribution in [1.82, 2.24) is 0 Å². The summed E-state index contributed by atoms with van der Waals surface area (Å²) in [5.41, 5.74) is 7.49. The Bertz CT molecular complexity index is 472. The fraction of sp³-hybridized carbons (Fsp3) is 0.650. The number of halogens is 1. The van der Waals surface area contributed by atoms with E-state index in [1.165, 1.54) is 32.1 Å². The quantitative estimate of drug-likeness (QED) is 0.747. The highest BCUT2D eigenvalue weighted by atomic mass is 35.5. The van der Waals surface area contributed by atoms with Crippen LogP contribution in [0, 0.1) is 11.8 Å². The van der Waals surface area contributed by atoms with Crippen LogP contribution in [-0.4, -0.2) is 17.9 Å². The minimum atomic E-state index is -0.489. The average Bonchev–Trinajstić information content (AvgIpc) is 2.56. The van der Waals surface area contributed by atoms with Crippen LogP contribution in [0.3, 0.4) is 0 Å².